The Morgan fingerprint density at radius 1 is 1.07 bits per heavy atom. The van der Waals surface area contributed by atoms with Crippen LogP contribution >= 0.6 is 0 Å². The number of hydrogen-bond donors (Lipinski definition) is 2. The molecule has 2 aromatic carbocycles. The van der Waals surface area contributed by atoms with Crippen LogP contribution in [0.5, 0.6) is 5.75 Å². The van der Waals surface area contributed by atoms with E-state index in [1.54, 1.807) is 21.1 Å². The van der Waals surface area contributed by atoms with Crippen LogP contribution in [0.15, 0.2) is 48.5 Å². The number of aryl methyl sites for hydroxylation is 1. The maximum Gasteiger partial charge on any atom is 0.244 e. The normalized spacial score (nSPS) is 11.4. The molecule has 0 aromatic heterocycles. The molecule has 0 aliphatic carbocycles. The van der Waals surface area contributed by atoms with Crippen LogP contribution in [0.25, 0.3) is 0 Å². The molecule has 0 fully saturated rings. The molecule has 0 spiro atoms. The summed E-state index contributed by atoms with van der Waals surface area (Å²) in [5.41, 5.74) is 2.58. The highest BCUT2D eigenvalue weighted by atomic mass is 16.5. The number of carbonyl (C=O) groups is 2. The lowest BCUT2D eigenvalue weighted by Crippen LogP contribution is -2.42. The predicted octanol–water partition coefficient (Wildman–Crippen LogP) is 3.16. The number of methoxy groups -OCH3 is 1. The molecular formula is C21H27N3O3. The minimum Gasteiger partial charge on any atom is -0.495 e. The Bertz CT molecular complexity index is 792. The second kappa shape index (κ2) is 9.62. The predicted molar refractivity (Wildman–Crippen MR) is 108 cm³/mol. The second-order valence-corrected chi connectivity index (χ2v) is 6.32. The van der Waals surface area contributed by atoms with Gasteiger partial charge in [-0.3, -0.25) is 9.59 Å². The summed E-state index contributed by atoms with van der Waals surface area (Å²) in [6.07, 6.45) is 0.824. The molecule has 0 aliphatic rings. The number of carbonyl (C=O) groups excluding carboxylic acids is 2. The zero-order valence-corrected chi connectivity index (χ0v) is 16.3. The van der Waals surface area contributed by atoms with Crippen molar-refractivity contribution in [1.82, 2.24) is 4.90 Å². The highest BCUT2D eigenvalue weighted by Crippen LogP contribution is 2.24. The molecule has 2 rings (SSSR count). The molecule has 0 bridgehead atoms. The lowest BCUT2D eigenvalue weighted by Gasteiger charge is -2.23. The zero-order chi connectivity index (χ0) is 19.8. The summed E-state index contributed by atoms with van der Waals surface area (Å²) in [4.78, 5) is 26.3. The van der Waals surface area contributed by atoms with Crippen LogP contribution in [-0.4, -0.2) is 43.5 Å². The third kappa shape index (κ3) is 5.48. The molecule has 0 heterocycles. The van der Waals surface area contributed by atoms with Crippen molar-refractivity contribution in [3.05, 3.63) is 54.1 Å². The van der Waals surface area contributed by atoms with E-state index in [0.717, 1.165) is 23.4 Å². The summed E-state index contributed by atoms with van der Waals surface area (Å²) in [6, 6.07) is 14.6. The van der Waals surface area contributed by atoms with Crippen molar-refractivity contribution in [2.45, 2.75) is 26.3 Å². The number of nitrogens with zero attached hydrogens (tertiary/aromatic N) is 1. The molecule has 1 atom stereocenters. The average molecular weight is 369 g/mol. The number of anilines is 2. The Kier molecular flexibility index (Phi) is 7.23. The minimum atomic E-state index is -0.498. The van der Waals surface area contributed by atoms with E-state index in [0.29, 0.717) is 5.75 Å². The van der Waals surface area contributed by atoms with Gasteiger partial charge in [0.25, 0.3) is 0 Å². The number of hydrogen-bond acceptors (Lipinski definition) is 4. The van der Waals surface area contributed by atoms with Gasteiger partial charge in [0.1, 0.15) is 11.8 Å². The Labute approximate surface area is 160 Å². The first-order valence-electron chi connectivity index (χ1n) is 8.98. The van der Waals surface area contributed by atoms with Crippen molar-refractivity contribution in [2.75, 3.05) is 31.3 Å². The number of benzene rings is 2. The standard InChI is InChI=1S/C21H27N3O3/c1-5-16-10-6-7-11-17(16)23-20(25)14-24(3)21(26)15(2)22-18-12-8-9-13-19(18)27-4/h6-13,15,22H,5,14H2,1-4H3,(H,23,25)/t15-/m0/s1. The van der Waals surface area contributed by atoms with Gasteiger partial charge in [-0.15, -0.1) is 0 Å². The molecule has 2 aromatic rings. The minimum absolute atomic E-state index is 0.0190. The molecule has 6 nitrogen and oxygen atoms in total. The molecule has 0 saturated heterocycles. The first-order valence-corrected chi connectivity index (χ1v) is 8.98. The van der Waals surface area contributed by atoms with Crippen molar-refractivity contribution in [3.63, 3.8) is 0 Å². The van der Waals surface area contributed by atoms with E-state index in [2.05, 4.69) is 10.6 Å². The number of likely N-dealkylation sites (N-methyl/N-ethyl adjacent to an activating group) is 1. The Morgan fingerprint density at radius 3 is 2.37 bits per heavy atom. The maximum atomic E-state index is 12.6. The molecule has 0 unspecified atom stereocenters. The van der Waals surface area contributed by atoms with E-state index in [9.17, 15) is 9.59 Å². The van der Waals surface area contributed by atoms with Crippen LogP contribution in [0.4, 0.5) is 11.4 Å². The topological polar surface area (TPSA) is 70.7 Å². The molecule has 2 N–H and O–H groups in total. The molecule has 27 heavy (non-hydrogen) atoms. The monoisotopic (exact) mass is 369 g/mol. The number of ether oxygens (including phenoxy) is 1. The smallest absolute Gasteiger partial charge is 0.244 e. The average Bonchev–Trinajstić information content (AvgIpc) is 2.68. The number of amides is 2. The molecule has 2 amide bonds. The third-order valence-corrected chi connectivity index (χ3v) is 4.28. The van der Waals surface area contributed by atoms with Crippen molar-refractivity contribution in [3.8, 4) is 5.75 Å². The van der Waals surface area contributed by atoms with Crippen molar-refractivity contribution in [2.24, 2.45) is 0 Å². The van der Waals surface area contributed by atoms with Crippen LogP contribution in [0.2, 0.25) is 0 Å². The zero-order valence-electron chi connectivity index (χ0n) is 16.3. The van der Waals surface area contributed by atoms with E-state index in [4.69, 9.17) is 4.74 Å². The maximum absolute atomic E-state index is 12.6. The lowest BCUT2D eigenvalue weighted by molar-refractivity contribution is -0.133. The first-order chi connectivity index (χ1) is 13.0. The van der Waals surface area contributed by atoms with Crippen molar-refractivity contribution < 1.29 is 14.3 Å². The van der Waals surface area contributed by atoms with Crippen LogP contribution in [0.3, 0.4) is 0 Å². The van der Waals surface area contributed by atoms with E-state index >= 15 is 0 Å². The number of nitrogens with one attached hydrogen (secondary N) is 2. The van der Waals surface area contributed by atoms with Gasteiger partial charge in [0.2, 0.25) is 11.8 Å². The first kappa shape index (κ1) is 20.3. The van der Waals surface area contributed by atoms with Gasteiger partial charge in [-0.2, -0.15) is 0 Å². The summed E-state index contributed by atoms with van der Waals surface area (Å²) in [6.45, 7) is 3.77. The third-order valence-electron chi connectivity index (χ3n) is 4.28. The Morgan fingerprint density at radius 2 is 1.70 bits per heavy atom. The summed E-state index contributed by atoms with van der Waals surface area (Å²) in [5.74, 6) is 0.254. The summed E-state index contributed by atoms with van der Waals surface area (Å²) < 4.78 is 5.29. The van der Waals surface area contributed by atoms with Gasteiger partial charge in [-0.25, -0.2) is 0 Å². The van der Waals surface area contributed by atoms with E-state index in [-0.39, 0.29) is 18.4 Å². The van der Waals surface area contributed by atoms with Crippen LogP contribution in [0, 0.1) is 0 Å². The molecule has 0 radical (unpaired) electrons. The lowest BCUT2D eigenvalue weighted by atomic mass is 10.1. The van der Waals surface area contributed by atoms with Gasteiger partial charge < -0.3 is 20.3 Å². The van der Waals surface area contributed by atoms with Crippen LogP contribution in [-0.2, 0) is 16.0 Å². The Balaban J connectivity index is 1.95. The number of rotatable bonds is 8. The van der Waals surface area contributed by atoms with Gasteiger partial charge in [-0.05, 0) is 37.1 Å². The largest absolute Gasteiger partial charge is 0.495 e. The highest BCUT2D eigenvalue weighted by Gasteiger charge is 2.20. The van der Waals surface area contributed by atoms with E-state index in [1.807, 2.05) is 55.5 Å². The fraction of sp³-hybridized carbons (Fsp3) is 0.333. The molecule has 6 heteroatoms. The van der Waals surface area contributed by atoms with Crippen LogP contribution in [0.1, 0.15) is 19.4 Å². The van der Waals surface area contributed by atoms with Gasteiger partial charge in [0.15, 0.2) is 0 Å². The Hall–Kier alpha value is -3.02. The van der Waals surface area contributed by atoms with E-state index < -0.39 is 6.04 Å². The van der Waals surface area contributed by atoms with Crippen molar-refractivity contribution >= 4 is 23.2 Å². The molecule has 0 saturated carbocycles. The fourth-order valence-electron chi connectivity index (χ4n) is 2.82. The molecule has 0 aliphatic heterocycles. The van der Waals surface area contributed by atoms with Gasteiger partial charge in [0, 0.05) is 12.7 Å². The quantitative estimate of drug-likeness (QED) is 0.750. The van der Waals surface area contributed by atoms with E-state index in [1.165, 1.54) is 4.90 Å². The van der Waals surface area contributed by atoms with Crippen LogP contribution < -0.4 is 15.4 Å². The SMILES string of the molecule is CCc1ccccc1NC(=O)CN(C)C(=O)[C@H](C)Nc1ccccc1OC. The molecule has 144 valence electrons. The van der Waals surface area contributed by atoms with Gasteiger partial charge in [0.05, 0.1) is 19.3 Å². The van der Waals surface area contributed by atoms with Crippen molar-refractivity contribution in [1.29, 1.82) is 0 Å². The summed E-state index contributed by atoms with van der Waals surface area (Å²) in [5, 5.41) is 6.02. The van der Waals surface area contributed by atoms with Gasteiger partial charge >= 0.3 is 0 Å². The molecular weight excluding hydrogens is 342 g/mol. The summed E-state index contributed by atoms with van der Waals surface area (Å²) >= 11 is 0. The van der Waals surface area contributed by atoms with Gasteiger partial charge in [-0.1, -0.05) is 37.3 Å². The second-order valence-electron chi connectivity index (χ2n) is 6.32. The fourth-order valence-corrected chi connectivity index (χ4v) is 2.82. The summed E-state index contributed by atoms with van der Waals surface area (Å²) in [7, 11) is 3.20. The highest BCUT2D eigenvalue weighted by molar-refractivity contribution is 5.96. The number of para-hydroxylation sites is 3.